The summed E-state index contributed by atoms with van der Waals surface area (Å²) < 4.78 is 2.45. The van der Waals surface area contributed by atoms with Crippen molar-refractivity contribution in [2.24, 2.45) is 0 Å². The Kier molecular flexibility index (Phi) is 11.4. The molecule has 0 saturated carbocycles. The number of rotatable bonds is 9. The van der Waals surface area contributed by atoms with Crippen molar-refractivity contribution in [3.8, 4) is 61.3 Å². The molecule has 410 valence electrons. The summed E-state index contributed by atoms with van der Waals surface area (Å²) in [6.07, 6.45) is 4.51. The van der Waals surface area contributed by atoms with Crippen molar-refractivity contribution in [1.82, 2.24) is 4.57 Å². The second-order valence-corrected chi connectivity index (χ2v) is 24.8. The number of fused-ring (bicyclic) bond motifs is 12. The molecular weight excluding hydrogens is 1050 g/mol. The zero-order valence-electron chi connectivity index (χ0n) is 49.0. The van der Waals surface area contributed by atoms with E-state index in [2.05, 4.69) is 341 Å². The van der Waals surface area contributed by atoms with Gasteiger partial charge in [0.05, 0.1) is 21.9 Å². The highest BCUT2D eigenvalue weighted by atomic mass is 15.0. The molecule has 0 bridgehead atoms. The van der Waals surface area contributed by atoms with E-state index in [1.165, 1.54) is 150 Å². The van der Waals surface area contributed by atoms with Gasteiger partial charge in [-0.25, -0.2) is 0 Å². The SMILES string of the molecule is Cc1ccc2c(c1)C(c1ccccc1)(c1ccccc1)c1cc(-c3ccc4c(c3)C(c3ccccc3)(c3ccccc3)c3cc(-c5ccc(C=Cc6ccc7c(c6)c6ccccc6n7-c6ccc7c(c6)C(C)(C)c6ccccc6-7)cc5)ccc3-4)ccc1-2. The molecule has 1 heterocycles. The van der Waals surface area contributed by atoms with Crippen molar-refractivity contribution in [3.63, 3.8) is 0 Å². The molecule has 0 N–H and O–H groups in total. The lowest BCUT2D eigenvalue weighted by atomic mass is 9.66. The fourth-order valence-electron chi connectivity index (χ4n) is 15.8. The van der Waals surface area contributed by atoms with Crippen LogP contribution < -0.4 is 0 Å². The molecule has 1 nitrogen and oxygen atoms in total. The van der Waals surface area contributed by atoms with E-state index in [9.17, 15) is 0 Å². The monoisotopic (exact) mass is 1110 g/mol. The molecule has 0 radical (unpaired) electrons. The highest BCUT2D eigenvalue weighted by Crippen LogP contribution is 2.60. The third-order valence-electron chi connectivity index (χ3n) is 19.8. The van der Waals surface area contributed by atoms with E-state index in [0.717, 1.165) is 5.56 Å². The van der Waals surface area contributed by atoms with Gasteiger partial charge in [0.1, 0.15) is 0 Å². The summed E-state index contributed by atoms with van der Waals surface area (Å²) in [7, 11) is 0. The first-order valence-electron chi connectivity index (χ1n) is 30.6. The van der Waals surface area contributed by atoms with Gasteiger partial charge in [0.15, 0.2) is 0 Å². The summed E-state index contributed by atoms with van der Waals surface area (Å²) in [5.41, 5.74) is 31.7. The quantitative estimate of drug-likeness (QED) is 0.127. The van der Waals surface area contributed by atoms with E-state index in [4.69, 9.17) is 0 Å². The standard InChI is InChI=1S/C86H61N/c1-56-32-44-70-71-46-41-61(53-80(71)85(78(70)50-56,63-20-8-4-9-21-63)64-22-10-5-11-23-64)62-42-47-73-72-45-40-60(52-79(72)86(81(73)54-62,65-24-12-6-13-25-65)66-26-14-7-15-27-66)59-38-35-57(36-39-59)33-34-58-37-49-83-75(51-58)74-29-17-19-31-82(74)87(83)67-43-48-69-68-28-16-18-30-76(68)84(2,3)77(69)55-67/h4-55H,1-3H3. The lowest BCUT2D eigenvalue weighted by Crippen LogP contribution is -2.29. The molecule has 0 fully saturated rings. The third kappa shape index (κ3) is 7.52. The first kappa shape index (κ1) is 50.9. The van der Waals surface area contributed by atoms with Gasteiger partial charge in [0.2, 0.25) is 0 Å². The normalized spacial score (nSPS) is 14.4. The van der Waals surface area contributed by atoms with Crippen molar-refractivity contribution in [3.05, 3.63) is 376 Å². The van der Waals surface area contributed by atoms with Crippen molar-refractivity contribution in [2.45, 2.75) is 37.0 Å². The van der Waals surface area contributed by atoms with E-state index >= 15 is 0 Å². The zero-order chi connectivity index (χ0) is 58.0. The minimum absolute atomic E-state index is 0.0750. The largest absolute Gasteiger partial charge is 0.309 e. The Labute approximate surface area is 509 Å². The van der Waals surface area contributed by atoms with Crippen LogP contribution in [0.2, 0.25) is 0 Å². The Hall–Kier alpha value is -10.6. The predicted octanol–water partition coefficient (Wildman–Crippen LogP) is 21.6. The van der Waals surface area contributed by atoms with Gasteiger partial charge in [-0.15, -0.1) is 0 Å². The summed E-state index contributed by atoms with van der Waals surface area (Å²) in [6, 6.07) is 114. The number of hydrogen-bond donors (Lipinski definition) is 0. The molecule has 0 saturated heterocycles. The highest BCUT2D eigenvalue weighted by Gasteiger charge is 2.48. The maximum absolute atomic E-state index is 2.51. The molecule has 0 unspecified atom stereocenters. The van der Waals surface area contributed by atoms with Crippen molar-refractivity contribution >= 4 is 34.0 Å². The maximum Gasteiger partial charge on any atom is 0.0713 e. The highest BCUT2D eigenvalue weighted by molar-refractivity contribution is 6.10. The molecule has 0 amide bonds. The van der Waals surface area contributed by atoms with Crippen LogP contribution in [-0.4, -0.2) is 4.57 Å². The lowest BCUT2D eigenvalue weighted by molar-refractivity contribution is 0.660. The van der Waals surface area contributed by atoms with Gasteiger partial charge in [0.25, 0.3) is 0 Å². The molecule has 0 aliphatic heterocycles. The van der Waals surface area contributed by atoms with Gasteiger partial charge in [-0.3, -0.25) is 0 Å². The molecular formula is C86H61N. The van der Waals surface area contributed by atoms with Crippen LogP contribution in [0.1, 0.15) is 86.2 Å². The van der Waals surface area contributed by atoms with Crippen LogP contribution in [0.5, 0.6) is 0 Å². The number of aryl methyl sites for hydroxylation is 1. The number of aromatic nitrogens is 1. The predicted molar refractivity (Wildman–Crippen MR) is 364 cm³/mol. The fraction of sp³-hybridized carbons (Fsp3) is 0.0698. The molecule has 13 aromatic carbocycles. The number of para-hydroxylation sites is 1. The van der Waals surface area contributed by atoms with Gasteiger partial charge in [-0.1, -0.05) is 286 Å². The maximum atomic E-state index is 2.51. The van der Waals surface area contributed by atoms with Gasteiger partial charge < -0.3 is 4.57 Å². The Morgan fingerprint density at radius 2 is 0.678 bits per heavy atom. The average Bonchev–Trinajstić information content (AvgIpc) is 1.58. The van der Waals surface area contributed by atoms with Gasteiger partial charge >= 0.3 is 0 Å². The number of hydrogen-bond acceptors (Lipinski definition) is 0. The molecule has 0 atom stereocenters. The first-order valence-corrected chi connectivity index (χ1v) is 30.6. The Balaban J connectivity index is 0.736. The summed E-state index contributed by atoms with van der Waals surface area (Å²) in [6.45, 7) is 6.94. The van der Waals surface area contributed by atoms with Gasteiger partial charge in [0, 0.05) is 21.9 Å². The third-order valence-corrected chi connectivity index (χ3v) is 19.8. The van der Waals surface area contributed by atoms with Crippen molar-refractivity contribution < 1.29 is 0 Å². The smallest absolute Gasteiger partial charge is 0.0713 e. The molecule has 3 aliphatic rings. The second-order valence-electron chi connectivity index (χ2n) is 24.8. The minimum atomic E-state index is -0.595. The minimum Gasteiger partial charge on any atom is -0.309 e. The second kappa shape index (κ2) is 19.5. The first-order chi connectivity index (χ1) is 42.8. The molecule has 3 aliphatic carbocycles. The van der Waals surface area contributed by atoms with E-state index < -0.39 is 10.8 Å². The molecule has 1 heteroatoms. The van der Waals surface area contributed by atoms with Crippen LogP contribution >= 0.6 is 0 Å². The van der Waals surface area contributed by atoms with Crippen LogP contribution in [0.4, 0.5) is 0 Å². The summed E-state index contributed by atoms with van der Waals surface area (Å²) >= 11 is 0. The van der Waals surface area contributed by atoms with Crippen LogP contribution in [0.15, 0.2) is 303 Å². The summed E-state index contributed by atoms with van der Waals surface area (Å²) in [5, 5.41) is 2.51. The Morgan fingerprint density at radius 1 is 0.276 bits per heavy atom. The molecule has 1 aromatic heterocycles. The van der Waals surface area contributed by atoms with Crippen LogP contribution in [0, 0.1) is 6.92 Å². The number of nitrogens with zero attached hydrogens (tertiary/aromatic N) is 1. The molecule has 14 aromatic rings. The van der Waals surface area contributed by atoms with Gasteiger partial charge in [-0.2, -0.15) is 0 Å². The molecule has 0 spiro atoms. The van der Waals surface area contributed by atoms with Gasteiger partial charge in [-0.05, 0) is 178 Å². The van der Waals surface area contributed by atoms with Crippen LogP contribution in [-0.2, 0) is 16.2 Å². The van der Waals surface area contributed by atoms with Crippen LogP contribution in [0.25, 0.3) is 95.3 Å². The average molecular weight is 1110 g/mol. The van der Waals surface area contributed by atoms with Crippen molar-refractivity contribution in [2.75, 3.05) is 0 Å². The number of benzene rings is 13. The van der Waals surface area contributed by atoms with Crippen molar-refractivity contribution in [1.29, 1.82) is 0 Å². The summed E-state index contributed by atoms with van der Waals surface area (Å²) in [4.78, 5) is 0. The van der Waals surface area contributed by atoms with E-state index in [1.54, 1.807) is 0 Å². The van der Waals surface area contributed by atoms with Crippen LogP contribution in [0.3, 0.4) is 0 Å². The lowest BCUT2D eigenvalue weighted by Gasteiger charge is -2.35. The van der Waals surface area contributed by atoms with E-state index in [-0.39, 0.29) is 5.41 Å². The zero-order valence-corrected chi connectivity index (χ0v) is 49.0. The van der Waals surface area contributed by atoms with E-state index in [1.807, 2.05) is 0 Å². The Bertz CT molecular complexity index is 5020. The topological polar surface area (TPSA) is 4.93 Å². The molecule has 17 rings (SSSR count). The fourth-order valence-corrected chi connectivity index (χ4v) is 15.8. The Morgan fingerprint density at radius 3 is 1.24 bits per heavy atom. The summed E-state index contributed by atoms with van der Waals surface area (Å²) in [5.74, 6) is 0. The molecule has 87 heavy (non-hydrogen) atoms. The van der Waals surface area contributed by atoms with E-state index in [0.29, 0.717) is 0 Å².